The first-order chi connectivity index (χ1) is 12.8. The Morgan fingerprint density at radius 2 is 2.15 bits per heavy atom. The van der Waals surface area contributed by atoms with E-state index < -0.39 is 0 Å². The minimum absolute atomic E-state index is 0.245. The van der Waals surface area contributed by atoms with Gasteiger partial charge in [0.05, 0.1) is 11.2 Å². The van der Waals surface area contributed by atoms with E-state index >= 15 is 0 Å². The van der Waals surface area contributed by atoms with Crippen LogP contribution in [0.25, 0.3) is 23.1 Å². The standard InChI is InChI=1S/C19H17N7/c20-19-22-8-6-17(24-19)23-13-2-4-16-14(10-13)18(26-25-16)12-1-3-15-11(9-12)5-7-21-15/h2-10,12,21H,1H2,(H,25,26)(H3,20,22,23,24). The van der Waals surface area contributed by atoms with Crippen LogP contribution in [0.2, 0.25) is 0 Å². The van der Waals surface area contributed by atoms with Gasteiger partial charge in [-0.3, -0.25) is 5.10 Å². The molecule has 0 saturated heterocycles. The zero-order chi connectivity index (χ0) is 17.5. The van der Waals surface area contributed by atoms with E-state index in [0.717, 1.165) is 28.7 Å². The van der Waals surface area contributed by atoms with Gasteiger partial charge in [-0.25, -0.2) is 4.98 Å². The second-order valence-electron chi connectivity index (χ2n) is 6.35. The number of hydrogen-bond donors (Lipinski definition) is 4. The third kappa shape index (κ3) is 2.50. The molecule has 1 aliphatic carbocycles. The number of nitrogens with one attached hydrogen (secondary N) is 3. The highest BCUT2D eigenvalue weighted by molar-refractivity contribution is 5.87. The van der Waals surface area contributed by atoms with Crippen LogP contribution in [0.4, 0.5) is 17.5 Å². The predicted molar refractivity (Wildman–Crippen MR) is 102 cm³/mol. The van der Waals surface area contributed by atoms with Crippen LogP contribution in [0, 0.1) is 0 Å². The molecule has 128 valence electrons. The van der Waals surface area contributed by atoms with Gasteiger partial charge in [0.15, 0.2) is 0 Å². The lowest BCUT2D eigenvalue weighted by molar-refractivity contribution is 0.862. The topological polar surface area (TPSA) is 108 Å². The third-order valence-electron chi connectivity index (χ3n) is 4.67. The van der Waals surface area contributed by atoms with E-state index in [1.165, 1.54) is 10.6 Å². The average Bonchev–Trinajstić information content (AvgIpc) is 3.27. The zero-order valence-corrected chi connectivity index (χ0v) is 13.9. The molecule has 1 unspecified atom stereocenters. The number of fused-ring (bicyclic) bond motifs is 2. The van der Waals surface area contributed by atoms with Gasteiger partial charge < -0.3 is 16.0 Å². The molecule has 3 heterocycles. The van der Waals surface area contributed by atoms with Crippen molar-refractivity contribution in [2.45, 2.75) is 12.3 Å². The van der Waals surface area contributed by atoms with Crippen LogP contribution in [-0.2, 0) is 0 Å². The molecule has 0 bridgehead atoms. The number of nitrogen functional groups attached to an aromatic ring is 1. The summed E-state index contributed by atoms with van der Waals surface area (Å²) in [5, 5.41) is 14.5. The predicted octanol–water partition coefficient (Wildman–Crippen LogP) is 1.76. The Morgan fingerprint density at radius 1 is 1.19 bits per heavy atom. The Kier molecular flexibility index (Phi) is 3.24. The smallest absolute Gasteiger partial charge is 0.221 e. The Labute approximate surface area is 148 Å². The summed E-state index contributed by atoms with van der Waals surface area (Å²) in [5.74, 6) is 1.18. The molecule has 7 heteroatoms. The molecule has 1 aromatic carbocycles. The molecular formula is C19H17N7. The third-order valence-corrected chi connectivity index (χ3v) is 4.67. The van der Waals surface area contributed by atoms with Crippen molar-refractivity contribution in [1.29, 1.82) is 0 Å². The van der Waals surface area contributed by atoms with Gasteiger partial charge in [0, 0.05) is 34.7 Å². The van der Waals surface area contributed by atoms with E-state index in [9.17, 15) is 0 Å². The van der Waals surface area contributed by atoms with Gasteiger partial charge in [-0.2, -0.15) is 10.1 Å². The molecule has 5 N–H and O–H groups in total. The molecule has 1 aliphatic rings. The summed E-state index contributed by atoms with van der Waals surface area (Å²) < 4.78 is 0. The van der Waals surface area contributed by atoms with Crippen LogP contribution in [0.15, 0.2) is 42.7 Å². The fourth-order valence-electron chi connectivity index (χ4n) is 3.43. The summed E-state index contributed by atoms with van der Waals surface area (Å²) in [4.78, 5) is 11.4. The molecular weight excluding hydrogens is 326 g/mol. The number of aromatic nitrogens is 5. The summed E-state index contributed by atoms with van der Waals surface area (Å²) >= 11 is 0. The number of aromatic amines is 2. The number of nitrogens with zero attached hydrogens (tertiary/aromatic N) is 3. The quantitative estimate of drug-likeness (QED) is 0.453. The van der Waals surface area contributed by atoms with Gasteiger partial charge in [-0.15, -0.1) is 0 Å². The Balaban J connectivity index is 1.53. The van der Waals surface area contributed by atoms with E-state index in [1.807, 2.05) is 18.3 Å². The van der Waals surface area contributed by atoms with Crippen molar-refractivity contribution in [1.82, 2.24) is 25.1 Å². The average molecular weight is 343 g/mol. The number of anilines is 3. The summed E-state index contributed by atoms with van der Waals surface area (Å²) in [7, 11) is 0. The highest BCUT2D eigenvalue weighted by atomic mass is 15.1. The van der Waals surface area contributed by atoms with Gasteiger partial charge in [0.2, 0.25) is 5.95 Å². The second-order valence-corrected chi connectivity index (χ2v) is 6.35. The van der Waals surface area contributed by atoms with E-state index in [0.29, 0.717) is 5.82 Å². The van der Waals surface area contributed by atoms with Crippen LogP contribution in [-0.4, -0.2) is 25.1 Å². The normalized spacial score (nSPS) is 15.9. The Morgan fingerprint density at radius 3 is 3.08 bits per heavy atom. The number of nitrogens with two attached hydrogens (primary N) is 1. The summed E-state index contributed by atoms with van der Waals surface area (Å²) in [6.07, 6.45) is 9.06. The number of benzene rings is 1. The van der Waals surface area contributed by atoms with Crippen molar-refractivity contribution in [3.8, 4) is 0 Å². The molecule has 0 fully saturated rings. The summed E-state index contributed by atoms with van der Waals surface area (Å²) in [5.41, 5.74) is 8.65. The first-order valence-corrected chi connectivity index (χ1v) is 8.45. The Bertz CT molecular complexity index is 1220. The summed E-state index contributed by atoms with van der Waals surface area (Å²) in [6.45, 7) is 0. The molecule has 3 aromatic heterocycles. The highest BCUT2D eigenvalue weighted by Crippen LogP contribution is 2.30. The molecule has 0 saturated carbocycles. The summed E-state index contributed by atoms with van der Waals surface area (Å²) in [6, 6.07) is 9.95. The SMILES string of the molecule is Nc1nccc(Nc2ccc3n[nH]c(C4C=c5cc[nH]c5=CC4)c3c2)n1. The second kappa shape index (κ2) is 5.73. The Hall–Kier alpha value is -3.61. The first-order valence-electron chi connectivity index (χ1n) is 8.45. The van der Waals surface area contributed by atoms with Crippen molar-refractivity contribution >= 4 is 40.5 Å². The maximum Gasteiger partial charge on any atom is 0.221 e. The van der Waals surface area contributed by atoms with E-state index in [-0.39, 0.29) is 11.9 Å². The largest absolute Gasteiger partial charge is 0.368 e. The van der Waals surface area contributed by atoms with Crippen molar-refractivity contribution < 1.29 is 0 Å². The maximum atomic E-state index is 5.65. The number of H-pyrrole nitrogens is 2. The van der Waals surface area contributed by atoms with Gasteiger partial charge in [0.25, 0.3) is 0 Å². The van der Waals surface area contributed by atoms with Crippen LogP contribution in [0.3, 0.4) is 0 Å². The highest BCUT2D eigenvalue weighted by Gasteiger charge is 2.16. The monoisotopic (exact) mass is 343 g/mol. The van der Waals surface area contributed by atoms with Gasteiger partial charge >= 0.3 is 0 Å². The minimum Gasteiger partial charge on any atom is -0.368 e. The molecule has 4 aromatic rings. The van der Waals surface area contributed by atoms with Crippen LogP contribution in [0.5, 0.6) is 0 Å². The van der Waals surface area contributed by atoms with Crippen LogP contribution >= 0.6 is 0 Å². The number of rotatable bonds is 3. The lowest BCUT2D eigenvalue weighted by Crippen LogP contribution is -2.26. The molecule has 0 spiro atoms. The van der Waals surface area contributed by atoms with Crippen molar-refractivity contribution in [3.05, 3.63) is 59.0 Å². The van der Waals surface area contributed by atoms with Gasteiger partial charge in [-0.1, -0.05) is 12.2 Å². The van der Waals surface area contributed by atoms with E-state index in [2.05, 4.69) is 54.8 Å². The van der Waals surface area contributed by atoms with Gasteiger partial charge in [0.1, 0.15) is 5.82 Å². The van der Waals surface area contributed by atoms with Crippen LogP contribution < -0.4 is 21.6 Å². The van der Waals surface area contributed by atoms with Crippen molar-refractivity contribution in [2.75, 3.05) is 11.1 Å². The fraction of sp³-hybridized carbons (Fsp3) is 0.105. The molecule has 0 aliphatic heterocycles. The number of hydrogen-bond acceptors (Lipinski definition) is 5. The molecule has 0 amide bonds. The van der Waals surface area contributed by atoms with Crippen LogP contribution in [0.1, 0.15) is 18.0 Å². The van der Waals surface area contributed by atoms with Crippen molar-refractivity contribution in [3.63, 3.8) is 0 Å². The van der Waals surface area contributed by atoms with Crippen molar-refractivity contribution in [2.24, 2.45) is 0 Å². The van der Waals surface area contributed by atoms with E-state index in [4.69, 9.17) is 5.73 Å². The lowest BCUT2D eigenvalue weighted by atomic mass is 9.94. The molecule has 5 rings (SSSR count). The molecule has 26 heavy (non-hydrogen) atoms. The fourth-order valence-corrected chi connectivity index (χ4v) is 3.43. The maximum absolute atomic E-state index is 5.65. The molecule has 7 nitrogen and oxygen atoms in total. The zero-order valence-electron chi connectivity index (χ0n) is 13.9. The molecule has 0 radical (unpaired) electrons. The van der Waals surface area contributed by atoms with Gasteiger partial charge in [-0.05, 0) is 42.0 Å². The lowest BCUT2D eigenvalue weighted by Gasteiger charge is -2.12. The molecule has 1 atom stereocenters. The first kappa shape index (κ1) is 14.7. The van der Waals surface area contributed by atoms with E-state index in [1.54, 1.807) is 12.3 Å². The minimum atomic E-state index is 0.245.